The number of anilines is 1. The number of hydrogen-bond donors (Lipinski definition) is 2. The second kappa shape index (κ2) is 3.57. The van der Waals surface area contributed by atoms with Gasteiger partial charge in [0.25, 0.3) is 6.43 Å². The Labute approximate surface area is 78.4 Å². The standard InChI is InChI=1S/C8H8F2N2O2/c1-3-2-4(8(13)14)12-7(11)5(3)6(9)10/h2,6H,1H3,(H2,11,12)(H,13,14). The molecule has 0 unspecified atom stereocenters. The summed E-state index contributed by atoms with van der Waals surface area (Å²) in [5, 5.41) is 8.56. The van der Waals surface area contributed by atoms with Crippen molar-refractivity contribution in [2.24, 2.45) is 0 Å². The average molecular weight is 202 g/mol. The molecule has 0 saturated carbocycles. The third-order valence-electron chi connectivity index (χ3n) is 1.73. The van der Waals surface area contributed by atoms with Crippen LogP contribution in [0.4, 0.5) is 14.6 Å². The summed E-state index contributed by atoms with van der Waals surface area (Å²) >= 11 is 0. The number of nitrogens with two attached hydrogens (primary N) is 1. The molecule has 4 nitrogen and oxygen atoms in total. The number of aromatic carboxylic acids is 1. The molecule has 0 fully saturated rings. The summed E-state index contributed by atoms with van der Waals surface area (Å²) < 4.78 is 24.7. The number of aryl methyl sites for hydroxylation is 1. The van der Waals surface area contributed by atoms with E-state index in [1.165, 1.54) is 6.92 Å². The number of carbonyl (C=O) groups is 1. The Hall–Kier alpha value is -1.72. The lowest BCUT2D eigenvalue weighted by Gasteiger charge is -2.08. The van der Waals surface area contributed by atoms with Crippen molar-refractivity contribution < 1.29 is 18.7 Å². The molecule has 0 aliphatic carbocycles. The Morgan fingerprint density at radius 2 is 2.21 bits per heavy atom. The fraction of sp³-hybridized carbons (Fsp3) is 0.250. The van der Waals surface area contributed by atoms with Crippen molar-refractivity contribution in [1.29, 1.82) is 0 Å². The summed E-state index contributed by atoms with van der Waals surface area (Å²) in [6, 6.07) is 1.07. The van der Waals surface area contributed by atoms with Crippen LogP contribution in [0.3, 0.4) is 0 Å². The van der Waals surface area contributed by atoms with Gasteiger partial charge in [-0.25, -0.2) is 18.6 Å². The summed E-state index contributed by atoms with van der Waals surface area (Å²) in [6.07, 6.45) is -2.75. The first-order chi connectivity index (χ1) is 6.43. The molecular weight excluding hydrogens is 194 g/mol. The summed E-state index contributed by atoms with van der Waals surface area (Å²) in [5.41, 5.74) is 4.60. The first kappa shape index (κ1) is 10.4. The Bertz CT molecular complexity index is 357. The van der Waals surface area contributed by atoms with Crippen molar-refractivity contribution >= 4 is 11.8 Å². The zero-order valence-electron chi connectivity index (χ0n) is 7.29. The summed E-state index contributed by atoms with van der Waals surface area (Å²) in [4.78, 5) is 13.8. The lowest BCUT2D eigenvalue weighted by molar-refractivity contribution is 0.0690. The highest BCUT2D eigenvalue weighted by molar-refractivity contribution is 5.86. The molecule has 0 aromatic carbocycles. The third-order valence-corrected chi connectivity index (χ3v) is 1.73. The normalized spacial score (nSPS) is 10.6. The number of carboxylic acids is 1. The van der Waals surface area contributed by atoms with Gasteiger partial charge >= 0.3 is 5.97 Å². The molecule has 14 heavy (non-hydrogen) atoms. The molecule has 6 heteroatoms. The highest BCUT2D eigenvalue weighted by Crippen LogP contribution is 2.27. The van der Waals surface area contributed by atoms with Crippen LogP contribution in [0.2, 0.25) is 0 Å². The zero-order valence-corrected chi connectivity index (χ0v) is 7.29. The van der Waals surface area contributed by atoms with E-state index in [1.807, 2.05) is 0 Å². The van der Waals surface area contributed by atoms with E-state index < -0.39 is 23.8 Å². The van der Waals surface area contributed by atoms with Crippen LogP contribution in [0.1, 0.15) is 28.0 Å². The van der Waals surface area contributed by atoms with E-state index in [4.69, 9.17) is 10.8 Å². The van der Waals surface area contributed by atoms with Crippen molar-refractivity contribution in [2.45, 2.75) is 13.3 Å². The molecule has 1 aromatic heterocycles. The van der Waals surface area contributed by atoms with Gasteiger partial charge in [0.05, 0.1) is 5.56 Å². The number of nitrogens with zero attached hydrogens (tertiary/aromatic N) is 1. The summed E-state index contributed by atoms with van der Waals surface area (Å²) in [7, 11) is 0. The molecule has 0 amide bonds. The van der Waals surface area contributed by atoms with Crippen molar-refractivity contribution in [3.05, 3.63) is 22.9 Å². The van der Waals surface area contributed by atoms with Crippen LogP contribution in [0.5, 0.6) is 0 Å². The number of rotatable bonds is 2. The van der Waals surface area contributed by atoms with Crippen LogP contribution < -0.4 is 5.73 Å². The van der Waals surface area contributed by atoms with Gasteiger partial charge in [-0.15, -0.1) is 0 Å². The lowest BCUT2D eigenvalue weighted by atomic mass is 10.1. The van der Waals surface area contributed by atoms with Crippen LogP contribution in [0.25, 0.3) is 0 Å². The first-order valence-corrected chi connectivity index (χ1v) is 3.72. The minimum atomic E-state index is -2.75. The summed E-state index contributed by atoms with van der Waals surface area (Å²) in [5.74, 6) is -1.72. The number of aromatic nitrogens is 1. The predicted octanol–water partition coefficient (Wildman–Crippen LogP) is 1.61. The Kier molecular flexibility index (Phi) is 2.64. The van der Waals surface area contributed by atoms with E-state index in [9.17, 15) is 13.6 Å². The van der Waals surface area contributed by atoms with E-state index in [0.717, 1.165) is 6.07 Å². The third kappa shape index (κ3) is 1.78. The van der Waals surface area contributed by atoms with Crippen LogP contribution >= 0.6 is 0 Å². The molecule has 0 bridgehead atoms. The SMILES string of the molecule is Cc1cc(C(=O)O)nc(N)c1C(F)F. The van der Waals surface area contributed by atoms with Crippen molar-refractivity contribution in [3.63, 3.8) is 0 Å². The second-order valence-corrected chi connectivity index (χ2v) is 2.73. The zero-order chi connectivity index (χ0) is 10.9. The number of pyridine rings is 1. The maximum Gasteiger partial charge on any atom is 0.354 e. The Morgan fingerprint density at radius 3 is 2.57 bits per heavy atom. The number of alkyl halides is 2. The number of hydrogen-bond acceptors (Lipinski definition) is 3. The number of halogens is 2. The molecule has 0 aliphatic rings. The van der Waals surface area contributed by atoms with E-state index in [2.05, 4.69) is 4.98 Å². The minimum absolute atomic E-state index is 0.130. The topological polar surface area (TPSA) is 76.2 Å². The van der Waals surface area contributed by atoms with Gasteiger partial charge in [-0.3, -0.25) is 0 Å². The second-order valence-electron chi connectivity index (χ2n) is 2.73. The van der Waals surface area contributed by atoms with Crippen molar-refractivity contribution in [3.8, 4) is 0 Å². The smallest absolute Gasteiger partial charge is 0.354 e. The lowest BCUT2D eigenvalue weighted by Crippen LogP contribution is -2.08. The Balaban J connectivity index is 3.32. The van der Waals surface area contributed by atoms with Crippen molar-refractivity contribution in [1.82, 2.24) is 4.98 Å². The molecule has 0 spiro atoms. The van der Waals surface area contributed by atoms with Crippen LogP contribution in [0, 0.1) is 6.92 Å². The molecule has 1 heterocycles. The average Bonchev–Trinajstić information content (AvgIpc) is 2.01. The molecule has 76 valence electrons. The van der Waals surface area contributed by atoms with E-state index in [0.29, 0.717) is 0 Å². The van der Waals surface area contributed by atoms with Gasteiger partial charge in [0.1, 0.15) is 5.82 Å². The van der Waals surface area contributed by atoms with Gasteiger partial charge in [0.15, 0.2) is 5.69 Å². The highest BCUT2D eigenvalue weighted by atomic mass is 19.3. The molecule has 0 radical (unpaired) electrons. The molecule has 0 saturated heterocycles. The predicted molar refractivity (Wildman–Crippen MR) is 45.3 cm³/mol. The highest BCUT2D eigenvalue weighted by Gasteiger charge is 2.18. The molecule has 0 atom stereocenters. The molecule has 3 N–H and O–H groups in total. The fourth-order valence-corrected chi connectivity index (χ4v) is 1.10. The summed E-state index contributed by atoms with van der Waals surface area (Å²) in [6.45, 7) is 1.37. The molecular formula is C8H8F2N2O2. The monoisotopic (exact) mass is 202 g/mol. The molecule has 1 rings (SSSR count). The first-order valence-electron chi connectivity index (χ1n) is 3.72. The quantitative estimate of drug-likeness (QED) is 0.763. The van der Waals surface area contributed by atoms with Gasteiger partial charge in [0, 0.05) is 0 Å². The molecule has 0 aliphatic heterocycles. The van der Waals surface area contributed by atoms with Gasteiger partial charge in [0.2, 0.25) is 0 Å². The van der Waals surface area contributed by atoms with Gasteiger partial charge in [-0.05, 0) is 18.6 Å². The number of nitrogen functional groups attached to an aromatic ring is 1. The van der Waals surface area contributed by atoms with Gasteiger partial charge in [-0.1, -0.05) is 0 Å². The van der Waals surface area contributed by atoms with Gasteiger partial charge in [-0.2, -0.15) is 0 Å². The molecule has 1 aromatic rings. The van der Waals surface area contributed by atoms with Crippen LogP contribution in [0.15, 0.2) is 6.07 Å². The Morgan fingerprint density at radius 1 is 1.64 bits per heavy atom. The fourth-order valence-electron chi connectivity index (χ4n) is 1.10. The van der Waals surface area contributed by atoms with E-state index in [1.54, 1.807) is 0 Å². The van der Waals surface area contributed by atoms with Crippen LogP contribution in [-0.4, -0.2) is 16.1 Å². The largest absolute Gasteiger partial charge is 0.477 e. The maximum atomic E-state index is 12.4. The maximum absolute atomic E-state index is 12.4. The number of carboxylic acid groups (broad SMARTS) is 1. The van der Waals surface area contributed by atoms with E-state index in [-0.39, 0.29) is 11.3 Å². The minimum Gasteiger partial charge on any atom is -0.477 e. The van der Waals surface area contributed by atoms with Crippen LogP contribution in [-0.2, 0) is 0 Å². The van der Waals surface area contributed by atoms with E-state index >= 15 is 0 Å². The van der Waals surface area contributed by atoms with Crippen molar-refractivity contribution in [2.75, 3.05) is 5.73 Å². The van der Waals surface area contributed by atoms with Gasteiger partial charge < -0.3 is 10.8 Å².